The Labute approximate surface area is 114 Å². The zero-order chi connectivity index (χ0) is 14.4. The molecule has 4 nitrogen and oxygen atoms in total. The van der Waals surface area contributed by atoms with Crippen LogP contribution in [0.2, 0.25) is 0 Å². The zero-order valence-electron chi connectivity index (χ0n) is 12.0. The van der Waals surface area contributed by atoms with Crippen LogP contribution in [0.15, 0.2) is 18.2 Å². The van der Waals surface area contributed by atoms with Crippen LogP contribution in [0.4, 0.5) is 0 Å². The van der Waals surface area contributed by atoms with Crippen molar-refractivity contribution in [2.24, 2.45) is 0 Å². The van der Waals surface area contributed by atoms with E-state index in [2.05, 4.69) is 0 Å². The number of carbonyl (C=O) groups is 1. The van der Waals surface area contributed by atoms with Gasteiger partial charge >= 0.3 is 5.97 Å². The number of rotatable bonds is 6. The summed E-state index contributed by atoms with van der Waals surface area (Å²) in [5, 5.41) is 9.76. The van der Waals surface area contributed by atoms with Crippen LogP contribution in [0.25, 0.3) is 0 Å². The average molecular weight is 266 g/mol. The Hall–Kier alpha value is -1.55. The third kappa shape index (κ3) is 4.24. The van der Waals surface area contributed by atoms with Crippen LogP contribution in [0.1, 0.15) is 44.4 Å². The monoisotopic (exact) mass is 266 g/mol. The Morgan fingerprint density at radius 2 is 2.05 bits per heavy atom. The third-order valence-electron chi connectivity index (χ3n) is 2.80. The molecular weight excluding hydrogens is 244 g/mol. The van der Waals surface area contributed by atoms with E-state index in [1.165, 1.54) is 0 Å². The van der Waals surface area contributed by atoms with Crippen molar-refractivity contribution in [1.29, 1.82) is 0 Å². The van der Waals surface area contributed by atoms with Gasteiger partial charge in [-0.2, -0.15) is 0 Å². The van der Waals surface area contributed by atoms with Gasteiger partial charge in [0.25, 0.3) is 0 Å². The predicted molar refractivity (Wildman–Crippen MR) is 73.2 cm³/mol. The second kappa shape index (κ2) is 7.14. The first-order valence-corrected chi connectivity index (χ1v) is 6.61. The summed E-state index contributed by atoms with van der Waals surface area (Å²) in [7, 11) is 0. The fraction of sp³-hybridized carbons (Fsp3) is 0.533. The molecule has 0 aliphatic carbocycles. The quantitative estimate of drug-likeness (QED) is 0.804. The minimum Gasteiger partial charge on any atom is -0.478 e. The predicted octanol–water partition coefficient (Wildman–Crippen LogP) is 2.77. The molecule has 0 radical (unpaired) electrons. The summed E-state index contributed by atoms with van der Waals surface area (Å²) >= 11 is 0. The van der Waals surface area contributed by atoms with Gasteiger partial charge in [0.1, 0.15) is 5.75 Å². The summed E-state index contributed by atoms with van der Waals surface area (Å²) in [5.74, 6) is 0.155. The molecule has 0 aliphatic rings. The van der Waals surface area contributed by atoms with E-state index in [9.17, 15) is 9.90 Å². The van der Waals surface area contributed by atoms with Crippen LogP contribution < -0.4 is 4.74 Å². The number of esters is 1. The molecule has 0 aromatic heterocycles. The van der Waals surface area contributed by atoms with Gasteiger partial charge in [0.2, 0.25) is 0 Å². The van der Waals surface area contributed by atoms with E-state index >= 15 is 0 Å². The Morgan fingerprint density at radius 1 is 1.37 bits per heavy atom. The van der Waals surface area contributed by atoms with Gasteiger partial charge in [0.05, 0.1) is 12.7 Å². The first-order chi connectivity index (χ1) is 8.99. The van der Waals surface area contributed by atoms with Gasteiger partial charge in [-0.3, -0.25) is 0 Å². The Bertz CT molecular complexity index is 426. The summed E-state index contributed by atoms with van der Waals surface area (Å²) in [6.07, 6.45) is -0.763. The van der Waals surface area contributed by atoms with Crippen LogP contribution in [0.3, 0.4) is 0 Å². The molecule has 1 N–H and O–H groups in total. The van der Waals surface area contributed by atoms with Gasteiger partial charge in [0, 0.05) is 5.56 Å². The van der Waals surface area contributed by atoms with E-state index in [1.807, 2.05) is 26.0 Å². The maximum Gasteiger partial charge on any atom is 0.347 e. The molecular formula is C15H22O4. The molecule has 0 saturated carbocycles. The topological polar surface area (TPSA) is 55.8 Å². The van der Waals surface area contributed by atoms with Gasteiger partial charge < -0.3 is 14.6 Å². The average Bonchev–Trinajstić information content (AvgIpc) is 2.37. The minimum atomic E-state index is -0.644. The first kappa shape index (κ1) is 15.5. The van der Waals surface area contributed by atoms with E-state index in [1.54, 1.807) is 19.9 Å². The largest absolute Gasteiger partial charge is 0.478 e. The number of carbonyl (C=O) groups excluding carboxylic acids is 1. The summed E-state index contributed by atoms with van der Waals surface area (Å²) in [4.78, 5) is 11.7. The number of hydrogen-bond acceptors (Lipinski definition) is 4. The Morgan fingerprint density at radius 3 is 2.58 bits per heavy atom. The molecule has 2 atom stereocenters. The smallest absolute Gasteiger partial charge is 0.347 e. The van der Waals surface area contributed by atoms with E-state index in [-0.39, 0.29) is 5.97 Å². The van der Waals surface area contributed by atoms with Crippen LogP contribution in [0.5, 0.6) is 5.75 Å². The fourth-order valence-electron chi connectivity index (χ4n) is 1.79. The molecule has 0 fully saturated rings. The Balaban J connectivity index is 2.93. The number of aryl methyl sites for hydroxylation is 1. The summed E-state index contributed by atoms with van der Waals surface area (Å²) in [6, 6.07) is 5.52. The molecule has 106 valence electrons. The molecule has 1 aromatic rings. The number of ether oxygens (including phenoxy) is 2. The normalized spacial score (nSPS) is 13.7. The molecule has 4 heteroatoms. The maximum atomic E-state index is 11.7. The zero-order valence-corrected chi connectivity index (χ0v) is 12.0. The SMILES string of the molecule is CCOC(=O)C(CC)Oc1ccc(C)cc1[C@H](C)O. The number of aliphatic hydroxyl groups is 1. The van der Waals surface area contributed by atoms with E-state index in [4.69, 9.17) is 9.47 Å². The number of benzene rings is 1. The van der Waals surface area contributed by atoms with E-state index in [0.29, 0.717) is 24.3 Å². The van der Waals surface area contributed by atoms with Crippen molar-refractivity contribution < 1.29 is 19.4 Å². The van der Waals surface area contributed by atoms with Crippen molar-refractivity contribution in [3.8, 4) is 5.75 Å². The molecule has 1 unspecified atom stereocenters. The van der Waals surface area contributed by atoms with Crippen LogP contribution in [-0.4, -0.2) is 23.8 Å². The highest BCUT2D eigenvalue weighted by Gasteiger charge is 2.21. The number of hydrogen-bond donors (Lipinski definition) is 1. The second-order valence-corrected chi connectivity index (χ2v) is 4.48. The van der Waals surface area contributed by atoms with Crippen molar-refractivity contribution in [2.75, 3.05) is 6.61 Å². The minimum absolute atomic E-state index is 0.329. The lowest BCUT2D eigenvalue weighted by Crippen LogP contribution is -2.29. The van der Waals surface area contributed by atoms with Crippen molar-refractivity contribution in [3.05, 3.63) is 29.3 Å². The molecule has 0 aliphatic heterocycles. The first-order valence-electron chi connectivity index (χ1n) is 6.61. The number of aliphatic hydroxyl groups excluding tert-OH is 1. The van der Waals surface area contributed by atoms with Gasteiger partial charge in [-0.15, -0.1) is 0 Å². The highest BCUT2D eigenvalue weighted by atomic mass is 16.6. The second-order valence-electron chi connectivity index (χ2n) is 4.48. The van der Waals surface area contributed by atoms with Crippen LogP contribution in [-0.2, 0) is 9.53 Å². The maximum absolute atomic E-state index is 11.7. The highest BCUT2D eigenvalue weighted by Crippen LogP contribution is 2.27. The standard InChI is InChI=1S/C15H22O4/c1-5-13(15(17)18-6-2)19-14-8-7-10(3)9-12(14)11(4)16/h7-9,11,13,16H,5-6H2,1-4H3/t11-,13?/m0/s1. The lowest BCUT2D eigenvalue weighted by Gasteiger charge is -2.19. The van der Waals surface area contributed by atoms with Gasteiger partial charge in [-0.1, -0.05) is 18.6 Å². The van der Waals surface area contributed by atoms with Crippen molar-refractivity contribution in [3.63, 3.8) is 0 Å². The van der Waals surface area contributed by atoms with Gasteiger partial charge in [-0.25, -0.2) is 4.79 Å². The van der Waals surface area contributed by atoms with Gasteiger partial charge in [0.15, 0.2) is 6.10 Å². The van der Waals surface area contributed by atoms with Crippen molar-refractivity contribution in [1.82, 2.24) is 0 Å². The van der Waals surface area contributed by atoms with E-state index < -0.39 is 12.2 Å². The molecule has 19 heavy (non-hydrogen) atoms. The van der Waals surface area contributed by atoms with Crippen molar-refractivity contribution in [2.45, 2.75) is 46.3 Å². The lowest BCUT2D eigenvalue weighted by atomic mass is 10.1. The molecule has 0 spiro atoms. The molecule has 0 bridgehead atoms. The van der Waals surface area contributed by atoms with Crippen LogP contribution in [0, 0.1) is 6.92 Å². The molecule has 0 heterocycles. The van der Waals surface area contributed by atoms with Crippen LogP contribution >= 0.6 is 0 Å². The third-order valence-corrected chi connectivity index (χ3v) is 2.80. The molecule has 0 amide bonds. The summed E-state index contributed by atoms with van der Waals surface area (Å²) in [5.41, 5.74) is 1.72. The molecule has 0 saturated heterocycles. The highest BCUT2D eigenvalue weighted by molar-refractivity contribution is 5.75. The van der Waals surface area contributed by atoms with Gasteiger partial charge in [-0.05, 0) is 39.3 Å². The van der Waals surface area contributed by atoms with E-state index in [0.717, 1.165) is 5.56 Å². The Kier molecular flexibility index (Phi) is 5.83. The lowest BCUT2D eigenvalue weighted by molar-refractivity contribution is -0.151. The summed E-state index contributed by atoms with van der Waals surface area (Å²) < 4.78 is 10.7. The molecule has 1 rings (SSSR count). The van der Waals surface area contributed by atoms with Crippen molar-refractivity contribution >= 4 is 5.97 Å². The summed E-state index contributed by atoms with van der Waals surface area (Å²) in [6.45, 7) is 7.57. The fourth-order valence-corrected chi connectivity index (χ4v) is 1.79. The molecule has 1 aromatic carbocycles.